The summed E-state index contributed by atoms with van der Waals surface area (Å²) in [5, 5.41) is 6.22. The summed E-state index contributed by atoms with van der Waals surface area (Å²) < 4.78 is 7.62. The molecule has 0 saturated carbocycles. The monoisotopic (exact) mass is 289 g/mol. The van der Waals surface area contributed by atoms with Crippen LogP contribution in [0.3, 0.4) is 0 Å². The van der Waals surface area contributed by atoms with Crippen molar-refractivity contribution < 1.29 is 4.74 Å². The number of H-pyrrole nitrogens is 1. The fourth-order valence-corrected chi connectivity index (χ4v) is 2.60. The molecule has 0 atom stereocenters. The zero-order valence-corrected chi connectivity index (χ0v) is 12.2. The number of hydrogen-bond acceptors (Lipinski definition) is 2. The van der Waals surface area contributed by atoms with Crippen LogP contribution in [0.25, 0.3) is 10.9 Å². The van der Waals surface area contributed by atoms with Crippen molar-refractivity contribution in [2.24, 2.45) is 7.05 Å². The molecule has 4 nitrogen and oxygen atoms in total. The Labute approximate surface area is 122 Å². The highest BCUT2D eigenvalue weighted by Crippen LogP contribution is 2.24. The molecule has 0 aliphatic rings. The quantitative estimate of drug-likeness (QED) is 0.796. The van der Waals surface area contributed by atoms with Crippen LogP contribution in [0.5, 0.6) is 5.75 Å². The lowest BCUT2D eigenvalue weighted by Crippen LogP contribution is -2.03. The van der Waals surface area contributed by atoms with E-state index in [2.05, 4.69) is 10.1 Å². The van der Waals surface area contributed by atoms with E-state index in [1.807, 2.05) is 44.4 Å². The predicted molar refractivity (Wildman–Crippen MR) is 80.2 cm³/mol. The first-order valence-electron chi connectivity index (χ1n) is 6.59. The van der Waals surface area contributed by atoms with E-state index in [-0.39, 0.29) is 0 Å². The minimum absolute atomic E-state index is 0.415. The molecule has 1 aromatic carbocycles. The highest BCUT2D eigenvalue weighted by atomic mass is 35.5. The molecule has 1 N–H and O–H groups in total. The molecule has 104 valence electrons. The Morgan fingerprint density at radius 3 is 2.95 bits per heavy atom. The first-order chi connectivity index (χ1) is 9.69. The van der Waals surface area contributed by atoms with Crippen molar-refractivity contribution in [3.63, 3.8) is 0 Å². The molecule has 0 spiro atoms. The molecule has 3 rings (SSSR count). The minimum atomic E-state index is 0.415. The van der Waals surface area contributed by atoms with E-state index in [1.54, 1.807) is 4.68 Å². The van der Waals surface area contributed by atoms with Gasteiger partial charge in [0.15, 0.2) is 0 Å². The first-order valence-corrected chi connectivity index (χ1v) is 6.97. The maximum absolute atomic E-state index is 6.31. The predicted octanol–water partition coefficient (Wildman–Crippen LogP) is 3.70. The van der Waals surface area contributed by atoms with Crippen LogP contribution in [0, 0.1) is 0 Å². The lowest BCUT2D eigenvalue weighted by Gasteiger charge is -2.07. The summed E-state index contributed by atoms with van der Waals surface area (Å²) in [6, 6.07) is 7.99. The number of rotatable bonds is 4. The van der Waals surface area contributed by atoms with Gasteiger partial charge in [-0.3, -0.25) is 4.68 Å². The summed E-state index contributed by atoms with van der Waals surface area (Å²) in [7, 11) is 1.89. The summed E-state index contributed by atoms with van der Waals surface area (Å²) in [6.07, 6.45) is 2.74. The third-order valence-corrected chi connectivity index (χ3v) is 3.84. The Morgan fingerprint density at radius 1 is 1.35 bits per heavy atom. The number of benzene rings is 1. The van der Waals surface area contributed by atoms with Crippen molar-refractivity contribution in [2.75, 3.05) is 0 Å². The van der Waals surface area contributed by atoms with Gasteiger partial charge in [-0.05, 0) is 30.7 Å². The van der Waals surface area contributed by atoms with Gasteiger partial charge in [0.2, 0.25) is 0 Å². The normalized spacial score (nSPS) is 11.2. The third kappa shape index (κ3) is 2.27. The second-order valence-electron chi connectivity index (χ2n) is 4.70. The number of nitrogens with zero attached hydrogens (tertiary/aromatic N) is 2. The SMILES string of the molecule is CCc1nn(C)c(COc2ccc3[nH]ccc3c2)c1Cl. The molecule has 20 heavy (non-hydrogen) atoms. The van der Waals surface area contributed by atoms with Crippen LogP contribution >= 0.6 is 11.6 Å². The van der Waals surface area contributed by atoms with Crippen LogP contribution in [0.15, 0.2) is 30.5 Å². The van der Waals surface area contributed by atoms with E-state index in [1.165, 1.54) is 0 Å². The first kappa shape index (κ1) is 13.1. The molecule has 0 fully saturated rings. The molecule has 2 heterocycles. The lowest BCUT2D eigenvalue weighted by atomic mass is 10.2. The Balaban J connectivity index is 1.80. The number of aromatic amines is 1. The van der Waals surface area contributed by atoms with Crippen LogP contribution < -0.4 is 4.74 Å². The van der Waals surface area contributed by atoms with Gasteiger partial charge in [-0.15, -0.1) is 0 Å². The largest absolute Gasteiger partial charge is 0.487 e. The van der Waals surface area contributed by atoms with Crippen molar-refractivity contribution in [1.82, 2.24) is 14.8 Å². The van der Waals surface area contributed by atoms with Crippen molar-refractivity contribution >= 4 is 22.5 Å². The van der Waals surface area contributed by atoms with Crippen molar-refractivity contribution in [3.05, 3.63) is 46.9 Å². The van der Waals surface area contributed by atoms with Gasteiger partial charge in [0.25, 0.3) is 0 Å². The number of aromatic nitrogens is 3. The molecule has 2 aromatic heterocycles. The number of aryl methyl sites for hydroxylation is 2. The smallest absolute Gasteiger partial charge is 0.131 e. The number of fused-ring (bicyclic) bond motifs is 1. The maximum Gasteiger partial charge on any atom is 0.131 e. The number of hydrogen-bond donors (Lipinski definition) is 1. The molecule has 0 saturated heterocycles. The molecule has 0 bridgehead atoms. The van der Waals surface area contributed by atoms with Crippen LogP contribution in [0.4, 0.5) is 0 Å². The summed E-state index contributed by atoms with van der Waals surface area (Å²) in [4.78, 5) is 3.16. The fraction of sp³-hybridized carbons (Fsp3) is 0.267. The van der Waals surface area contributed by atoms with Gasteiger partial charge in [0, 0.05) is 24.1 Å². The summed E-state index contributed by atoms with van der Waals surface area (Å²) in [5.41, 5.74) is 2.91. The Morgan fingerprint density at radius 2 is 2.20 bits per heavy atom. The van der Waals surface area contributed by atoms with Gasteiger partial charge in [-0.1, -0.05) is 18.5 Å². The molecule has 5 heteroatoms. The summed E-state index contributed by atoms with van der Waals surface area (Å²) in [5.74, 6) is 0.826. The standard InChI is InChI=1S/C15H16ClN3O/c1-3-12-15(16)14(19(2)18-12)9-20-11-4-5-13-10(8-11)6-7-17-13/h4-8,17H,3,9H2,1-2H3. The molecule has 0 unspecified atom stereocenters. The maximum atomic E-state index is 6.31. The van der Waals surface area contributed by atoms with Crippen LogP contribution in [0.2, 0.25) is 5.02 Å². The number of halogens is 1. The lowest BCUT2D eigenvalue weighted by molar-refractivity contribution is 0.295. The van der Waals surface area contributed by atoms with E-state index in [9.17, 15) is 0 Å². The molecular weight excluding hydrogens is 274 g/mol. The minimum Gasteiger partial charge on any atom is -0.487 e. The Bertz CT molecular complexity index is 745. The van der Waals surface area contributed by atoms with Crippen molar-refractivity contribution in [2.45, 2.75) is 20.0 Å². The second kappa shape index (κ2) is 5.21. The van der Waals surface area contributed by atoms with Crippen LogP contribution in [-0.4, -0.2) is 14.8 Å². The van der Waals surface area contributed by atoms with E-state index in [0.29, 0.717) is 11.6 Å². The van der Waals surface area contributed by atoms with Gasteiger partial charge < -0.3 is 9.72 Å². The average molecular weight is 290 g/mol. The van der Waals surface area contributed by atoms with Crippen molar-refractivity contribution in [1.29, 1.82) is 0 Å². The highest BCUT2D eigenvalue weighted by molar-refractivity contribution is 6.31. The molecule has 3 aromatic rings. The second-order valence-corrected chi connectivity index (χ2v) is 5.08. The van der Waals surface area contributed by atoms with E-state index in [4.69, 9.17) is 16.3 Å². The molecule has 0 aliphatic carbocycles. The topological polar surface area (TPSA) is 42.8 Å². The molecule has 0 radical (unpaired) electrons. The van der Waals surface area contributed by atoms with Crippen LogP contribution in [0.1, 0.15) is 18.3 Å². The molecule has 0 amide bonds. The van der Waals surface area contributed by atoms with Gasteiger partial charge in [-0.25, -0.2) is 0 Å². The van der Waals surface area contributed by atoms with E-state index < -0.39 is 0 Å². The highest BCUT2D eigenvalue weighted by Gasteiger charge is 2.13. The van der Waals surface area contributed by atoms with E-state index >= 15 is 0 Å². The summed E-state index contributed by atoms with van der Waals surface area (Å²) in [6.45, 7) is 2.46. The number of nitrogens with one attached hydrogen (secondary N) is 1. The van der Waals surface area contributed by atoms with Gasteiger partial charge in [0.05, 0.1) is 16.4 Å². The summed E-state index contributed by atoms with van der Waals surface area (Å²) >= 11 is 6.31. The average Bonchev–Trinajstić information content (AvgIpc) is 3.01. The van der Waals surface area contributed by atoms with Gasteiger partial charge >= 0.3 is 0 Å². The van der Waals surface area contributed by atoms with Crippen LogP contribution in [-0.2, 0) is 20.1 Å². The zero-order valence-electron chi connectivity index (χ0n) is 11.5. The Hall–Kier alpha value is -1.94. The third-order valence-electron chi connectivity index (χ3n) is 3.40. The molecular formula is C15H16ClN3O. The van der Waals surface area contributed by atoms with Crippen molar-refractivity contribution in [3.8, 4) is 5.75 Å². The Kier molecular flexibility index (Phi) is 3.40. The number of ether oxygens (including phenoxy) is 1. The van der Waals surface area contributed by atoms with E-state index in [0.717, 1.165) is 34.5 Å². The zero-order chi connectivity index (χ0) is 14.1. The molecule has 0 aliphatic heterocycles. The van der Waals surface area contributed by atoms with Gasteiger partial charge in [-0.2, -0.15) is 5.10 Å². The fourth-order valence-electron chi connectivity index (χ4n) is 2.25. The van der Waals surface area contributed by atoms with Gasteiger partial charge in [0.1, 0.15) is 12.4 Å².